The molecule has 0 aromatic carbocycles. The van der Waals surface area contributed by atoms with Crippen LogP contribution in [0.3, 0.4) is 0 Å². The predicted molar refractivity (Wildman–Crippen MR) is 78.5 cm³/mol. The van der Waals surface area contributed by atoms with Gasteiger partial charge in [0.25, 0.3) is 0 Å². The molecule has 5 heteroatoms. The second-order valence-corrected chi connectivity index (χ2v) is 6.71. The quantitative estimate of drug-likeness (QED) is 0.782. The van der Waals surface area contributed by atoms with Crippen LogP contribution in [0.2, 0.25) is 0 Å². The summed E-state index contributed by atoms with van der Waals surface area (Å²) in [6, 6.07) is 0. The van der Waals surface area contributed by atoms with Crippen molar-refractivity contribution in [2.45, 2.75) is 39.7 Å². The van der Waals surface area contributed by atoms with Gasteiger partial charge in [0.2, 0.25) is 5.91 Å². The van der Waals surface area contributed by atoms with E-state index < -0.39 is 5.54 Å². The molecule has 0 spiro atoms. The van der Waals surface area contributed by atoms with Crippen LogP contribution in [0.1, 0.15) is 34.1 Å². The molecule has 1 aliphatic rings. The van der Waals surface area contributed by atoms with Crippen molar-refractivity contribution in [1.29, 1.82) is 0 Å². The van der Waals surface area contributed by atoms with E-state index in [-0.39, 0.29) is 11.3 Å². The van der Waals surface area contributed by atoms with Gasteiger partial charge in [0.05, 0.1) is 10.5 Å². The van der Waals surface area contributed by atoms with E-state index in [0.717, 1.165) is 26.1 Å². The van der Waals surface area contributed by atoms with Crippen LogP contribution in [0.15, 0.2) is 0 Å². The number of amides is 1. The van der Waals surface area contributed by atoms with Gasteiger partial charge >= 0.3 is 0 Å². The Morgan fingerprint density at radius 2 is 2.00 bits per heavy atom. The maximum Gasteiger partial charge on any atom is 0.242 e. The number of hydrogen-bond donors (Lipinski definition) is 1. The molecule has 0 aliphatic carbocycles. The largest absolute Gasteiger partial charge is 0.393 e. The van der Waals surface area contributed by atoms with E-state index in [4.69, 9.17) is 18.0 Å². The Kier molecular flexibility index (Phi) is 4.38. The lowest BCUT2D eigenvalue weighted by Crippen LogP contribution is -2.62. The average molecular weight is 271 g/mol. The minimum Gasteiger partial charge on any atom is -0.393 e. The molecule has 18 heavy (non-hydrogen) atoms. The summed E-state index contributed by atoms with van der Waals surface area (Å²) in [6.07, 6.45) is 0.878. The number of carbonyl (C=O) groups excluding carboxylic acids is 1. The number of likely N-dealkylation sites (N-methyl/N-ethyl adjacent to an activating group) is 1. The molecule has 2 N–H and O–H groups in total. The Morgan fingerprint density at radius 1 is 1.44 bits per heavy atom. The maximum absolute atomic E-state index is 12.1. The highest BCUT2D eigenvalue weighted by Crippen LogP contribution is 2.26. The van der Waals surface area contributed by atoms with E-state index in [0.29, 0.717) is 4.99 Å². The van der Waals surface area contributed by atoms with Crippen LogP contribution >= 0.6 is 12.2 Å². The summed E-state index contributed by atoms with van der Waals surface area (Å²) in [7, 11) is 1.86. The molecular formula is C13H25N3OS. The average Bonchev–Trinajstić information content (AvgIpc) is 2.25. The normalized spacial score (nSPS) is 21.2. The molecule has 0 aromatic heterocycles. The van der Waals surface area contributed by atoms with Crippen LogP contribution < -0.4 is 5.73 Å². The zero-order valence-electron chi connectivity index (χ0n) is 12.1. The molecule has 1 amide bonds. The molecule has 0 atom stereocenters. The fourth-order valence-corrected chi connectivity index (χ4v) is 2.29. The van der Waals surface area contributed by atoms with Gasteiger partial charge in [0.1, 0.15) is 0 Å². The number of piperazine rings is 1. The lowest BCUT2D eigenvalue weighted by Gasteiger charge is -2.45. The smallest absolute Gasteiger partial charge is 0.242 e. The molecule has 1 heterocycles. The van der Waals surface area contributed by atoms with Crippen LogP contribution in [-0.2, 0) is 4.79 Å². The molecule has 1 saturated heterocycles. The number of carbonyl (C=O) groups is 1. The van der Waals surface area contributed by atoms with Crippen LogP contribution in [0.25, 0.3) is 0 Å². The van der Waals surface area contributed by atoms with Gasteiger partial charge < -0.3 is 10.6 Å². The first-order valence-corrected chi connectivity index (χ1v) is 6.80. The topological polar surface area (TPSA) is 49.6 Å². The Morgan fingerprint density at radius 3 is 2.50 bits per heavy atom. The van der Waals surface area contributed by atoms with E-state index in [1.165, 1.54) is 0 Å². The molecule has 1 fully saturated rings. The van der Waals surface area contributed by atoms with Crippen molar-refractivity contribution in [3.63, 3.8) is 0 Å². The van der Waals surface area contributed by atoms with Crippen molar-refractivity contribution in [2.75, 3.05) is 26.7 Å². The summed E-state index contributed by atoms with van der Waals surface area (Å²) in [5, 5.41) is 0. The van der Waals surface area contributed by atoms with E-state index in [2.05, 4.69) is 18.7 Å². The van der Waals surface area contributed by atoms with Crippen LogP contribution in [-0.4, -0.2) is 52.9 Å². The van der Waals surface area contributed by atoms with Gasteiger partial charge in [-0.3, -0.25) is 9.69 Å². The number of rotatable bonds is 4. The highest BCUT2D eigenvalue weighted by atomic mass is 32.1. The van der Waals surface area contributed by atoms with Gasteiger partial charge in [0, 0.05) is 32.1 Å². The Hall–Kier alpha value is -0.680. The molecule has 1 rings (SSSR count). The lowest BCUT2D eigenvalue weighted by atomic mass is 9.87. The Bertz CT molecular complexity index is 352. The summed E-state index contributed by atoms with van der Waals surface area (Å²) < 4.78 is 0. The Labute approximate surface area is 115 Å². The second-order valence-electron chi connectivity index (χ2n) is 6.27. The van der Waals surface area contributed by atoms with Crippen LogP contribution in [0, 0.1) is 5.41 Å². The minimum atomic E-state index is -0.431. The van der Waals surface area contributed by atoms with Gasteiger partial charge in [-0.05, 0) is 20.3 Å². The molecular weight excluding hydrogens is 246 g/mol. The van der Waals surface area contributed by atoms with Crippen molar-refractivity contribution >= 4 is 23.1 Å². The highest BCUT2D eigenvalue weighted by molar-refractivity contribution is 7.80. The fourth-order valence-electron chi connectivity index (χ4n) is 2.18. The van der Waals surface area contributed by atoms with Gasteiger partial charge in [-0.15, -0.1) is 0 Å². The zero-order chi connectivity index (χ0) is 14.1. The summed E-state index contributed by atoms with van der Waals surface area (Å²) in [5.74, 6) is 0.182. The third kappa shape index (κ3) is 3.01. The minimum absolute atomic E-state index is 0.155. The summed E-state index contributed by atoms with van der Waals surface area (Å²) in [5.41, 5.74) is 5.15. The summed E-state index contributed by atoms with van der Waals surface area (Å²) in [6.45, 7) is 10.6. The summed E-state index contributed by atoms with van der Waals surface area (Å²) in [4.78, 5) is 16.7. The highest BCUT2D eigenvalue weighted by Gasteiger charge is 2.40. The monoisotopic (exact) mass is 271 g/mol. The van der Waals surface area contributed by atoms with Crippen LogP contribution in [0.4, 0.5) is 0 Å². The maximum atomic E-state index is 12.1. The van der Waals surface area contributed by atoms with E-state index in [1.54, 1.807) is 4.90 Å². The third-order valence-corrected chi connectivity index (χ3v) is 4.59. The predicted octanol–water partition coefficient (Wildman–Crippen LogP) is 1.24. The SMILES string of the molecule is CN1CCN(CCC(C)(C)C(N)=S)C(C)(C)C1=O. The first-order chi connectivity index (χ1) is 8.09. The molecule has 4 nitrogen and oxygen atoms in total. The van der Waals surface area contributed by atoms with E-state index in [9.17, 15) is 4.79 Å². The standard InChI is InChI=1S/C13H25N3OS/c1-12(2,10(14)18)6-7-16-9-8-15(5)11(17)13(16,3)4/h6-9H2,1-5H3,(H2,14,18). The molecule has 0 unspecified atom stereocenters. The van der Waals surface area contributed by atoms with Crippen LogP contribution in [0.5, 0.6) is 0 Å². The number of nitrogens with zero attached hydrogens (tertiary/aromatic N) is 2. The lowest BCUT2D eigenvalue weighted by molar-refractivity contribution is -0.147. The second kappa shape index (κ2) is 5.13. The Balaban J connectivity index is 2.68. The zero-order valence-corrected chi connectivity index (χ0v) is 12.9. The van der Waals surface area contributed by atoms with E-state index >= 15 is 0 Å². The molecule has 104 valence electrons. The van der Waals surface area contributed by atoms with Crippen molar-refractivity contribution in [3.05, 3.63) is 0 Å². The number of thiocarbonyl (C=S) groups is 1. The van der Waals surface area contributed by atoms with Crippen molar-refractivity contribution in [2.24, 2.45) is 11.1 Å². The fraction of sp³-hybridized carbons (Fsp3) is 0.846. The molecule has 0 radical (unpaired) electrons. The van der Waals surface area contributed by atoms with Gasteiger partial charge in [-0.1, -0.05) is 26.1 Å². The van der Waals surface area contributed by atoms with Crippen molar-refractivity contribution in [3.8, 4) is 0 Å². The van der Waals surface area contributed by atoms with E-state index in [1.807, 2.05) is 20.9 Å². The number of hydrogen-bond acceptors (Lipinski definition) is 3. The summed E-state index contributed by atoms with van der Waals surface area (Å²) >= 11 is 5.08. The van der Waals surface area contributed by atoms with Gasteiger partial charge in [0.15, 0.2) is 0 Å². The molecule has 0 saturated carbocycles. The molecule has 0 aromatic rings. The van der Waals surface area contributed by atoms with Gasteiger partial charge in [-0.25, -0.2) is 0 Å². The first kappa shape index (κ1) is 15.4. The van der Waals surface area contributed by atoms with Crippen molar-refractivity contribution in [1.82, 2.24) is 9.80 Å². The molecule has 1 aliphatic heterocycles. The van der Waals surface area contributed by atoms with Gasteiger partial charge in [-0.2, -0.15) is 0 Å². The molecule has 0 bridgehead atoms. The third-order valence-electron chi connectivity index (χ3n) is 4.04. The number of nitrogens with two attached hydrogens (primary N) is 1. The van der Waals surface area contributed by atoms with Crippen molar-refractivity contribution < 1.29 is 4.79 Å². The first-order valence-electron chi connectivity index (χ1n) is 6.39.